The summed E-state index contributed by atoms with van der Waals surface area (Å²) in [6, 6.07) is 15.0. The van der Waals surface area contributed by atoms with E-state index in [1.54, 1.807) is 25.3 Å². The molecule has 1 saturated carbocycles. The number of hydrogen-bond donors (Lipinski definition) is 2. The zero-order valence-corrected chi connectivity index (χ0v) is 14.0. The van der Waals surface area contributed by atoms with Crippen molar-refractivity contribution in [1.29, 1.82) is 0 Å². The van der Waals surface area contributed by atoms with Gasteiger partial charge in [-0.05, 0) is 42.0 Å². The maximum atomic E-state index is 11.1. The predicted molar refractivity (Wildman–Crippen MR) is 96.0 cm³/mol. The summed E-state index contributed by atoms with van der Waals surface area (Å²) in [4.78, 5) is 0. The van der Waals surface area contributed by atoms with Crippen LogP contribution in [0.1, 0.15) is 42.9 Å². The summed E-state index contributed by atoms with van der Waals surface area (Å²) < 4.78 is 5.36. The summed E-state index contributed by atoms with van der Waals surface area (Å²) in [6.07, 6.45) is 6.00. The Morgan fingerprint density at radius 2 is 1.83 bits per heavy atom. The van der Waals surface area contributed by atoms with Gasteiger partial charge in [0.2, 0.25) is 0 Å². The summed E-state index contributed by atoms with van der Waals surface area (Å²) in [6.45, 7) is 0. The van der Waals surface area contributed by atoms with E-state index in [1.165, 1.54) is 12.8 Å². The summed E-state index contributed by atoms with van der Waals surface area (Å²) in [5, 5.41) is 20.7. The van der Waals surface area contributed by atoms with Gasteiger partial charge in [0.15, 0.2) is 0 Å². The van der Waals surface area contributed by atoms with Crippen molar-refractivity contribution < 1.29 is 14.9 Å². The first-order valence-electron chi connectivity index (χ1n) is 8.50. The molecule has 2 aromatic carbocycles. The molecule has 0 heterocycles. The molecule has 3 heteroatoms. The molecule has 24 heavy (non-hydrogen) atoms. The smallest absolute Gasteiger partial charge is 0.128 e. The standard InChI is InChI=1S/C21H24O3/c1-24-20-14-17(22)11-12-18(20)21(23)19(16-9-5-6-10-16)13-15-7-3-2-4-8-15/h2-4,7-8,11-14,16,21-23H,5-6,9-10H2,1H3. The predicted octanol–water partition coefficient (Wildman–Crippen LogP) is 4.71. The van der Waals surface area contributed by atoms with Crippen molar-refractivity contribution in [3.63, 3.8) is 0 Å². The van der Waals surface area contributed by atoms with Crippen LogP contribution in [0.5, 0.6) is 11.5 Å². The first-order chi connectivity index (χ1) is 11.7. The zero-order valence-electron chi connectivity index (χ0n) is 14.0. The molecule has 0 aliphatic heterocycles. The Morgan fingerprint density at radius 1 is 1.12 bits per heavy atom. The van der Waals surface area contributed by atoms with Gasteiger partial charge in [0, 0.05) is 11.6 Å². The van der Waals surface area contributed by atoms with Crippen LogP contribution in [0.4, 0.5) is 0 Å². The average molecular weight is 324 g/mol. The van der Waals surface area contributed by atoms with Crippen LogP contribution in [0, 0.1) is 5.92 Å². The SMILES string of the molecule is COc1cc(O)ccc1C(O)C(=Cc1ccccc1)C1CCCC1. The van der Waals surface area contributed by atoms with Crippen LogP contribution in [-0.2, 0) is 0 Å². The molecule has 1 aliphatic carbocycles. The van der Waals surface area contributed by atoms with Crippen LogP contribution >= 0.6 is 0 Å². The van der Waals surface area contributed by atoms with E-state index in [4.69, 9.17) is 4.74 Å². The molecular formula is C21H24O3. The molecule has 1 unspecified atom stereocenters. The van der Waals surface area contributed by atoms with Crippen LogP contribution < -0.4 is 4.74 Å². The van der Waals surface area contributed by atoms with Crippen LogP contribution in [0.25, 0.3) is 6.08 Å². The molecule has 0 amide bonds. The normalized spacial score (nSPS) is 17.0. The molecular weight excluding hydrogens is 300 g/mol. The summed E-state index contributed by atoms with van der Waals surface area (Å²) in [7, 11) is 1.56. The van der Waals surface area contributed by atoms with Gasteiger partial charge >= 0.3 is 0 Å². The molecule has 3 rings (SSSR count). The van der Waals surface area contributed by atoms with Gasteiger partial charge in [-0.2, -0.15) is 0 Å². The summed E-state index contributed by atoms with van der Waals surface area (Å²) >= 11 is 0. The van der Waals surface area contributed by atoms with Gasteiger partial charge in [-0.15, -0.1) is 0 Å². The van der Waals surface area contributed by atoms with Crippen molar-refractivity contribution >= 4 is 6.08 Å². The number of aliphatic hydroxyl groups is 1. The monoisotopic (exact) mass is 324 g/mol. The van der Waals surface area contributed by atoms with E-state index in [-0.39, 0.29) is 5.75 Å². The fourth-order valence-electron chi connectivity index (χ4n) is 3.53. The van der Waals surface area contributed by atoms with E-state index in [0.29, 0.717) is 17.2 Å². The van der Waals surface area contributed by atoms with Crippen LogP contribution in [0.2, 0.25) is 0 Å². The molecule has 3 nitrogen and oxygen atoms in total. The molecule has 0 bridgehead atoms. The van der Waals surface area contributed by atoms with E-state index in [0.717, 1.165) is 24.0 Å². The van der Waals surface area contributed by atoms with Crippen molar-refractivity contribution in [2.24, 2.45) is 5.92 Å². The zero-order chi connectivity index (χ0) is 16.9. The van der Waals surface area contributed by atoms with Gasteiger partial charge < -0.3 is 14.9 Å². The lowest BCUT2D eigenvalue weighted by Crippen LogP contribution is -2.10. The van der Waals surface area contributed by atoms with Gasteiger partial charge in [-0.1, -0.05) is 49.2 Å². The third-order valence-corrected chi connectivity index (χ3v) is 4.79. The number of ether oxygens (including phenoxy) is 1. The fourth-order valence-corrected chi connectivity index (χ4v) is 3.53. The number of aromatic hydroxyl groups is 1. The van der Waals surface area contributed by atoms with Crippen LogP contribution in [-0.4, -0.2) is 17.3 Å². The van der Waals surface area contributed by atoms with Gasteiger partial charge in [0.25, 0.3) is 0 Å². The fraction of sp³-hybridized carbons (Fsp3) is 0.333. The number of benzene rings is 2. The molecule has 1 fully saturated rings. The Hall–Kier alpha value is -2.26. The van der Waals surface area contributed by atoms with Crippen molar-refractivity contribution in [3.05, 3.63) is 65.2 Å². The highest BCUT2D eigenvalue weighted by atomic mass is 16.5. The largest absolute Gasteiger partial charge is 0.508 e. The highest BCUT2D eigenvalue weighted by Gasteiger charge is 2.27. The molecule has 0 saturated heterocycles. The van der Waals surface area contributed by atoms with Gasteiger partial charge in [0.1, 0.15) is 17.6 Å². The highest BCUT2D eigenvalue weighted by Crippen LogP contribution is 2.41. The third-order valence-electron chi connectivity index (χ3n) is 4.79. The summed E-state index contributed by atoms with van der Waals surface area (Å²) in [5.74, 6) is 1.04. The Kier molecular flexibility index (Phi) is 5.21. The number of methoxy groups -OCH3 is 1. The molecule has 2 N–H and O–H groups in total. The first-order valence-corrected chi connectivity index (χ1v) is 8.50. The van der Waals surface area contributed by atoms with E-state index >= 15 is 0 Å². The minimum atomic E-state index is -0.733. The molecule has 1 atom stereocenters. The number of rotatable bonds is 5. The molecule has 1 aliphatic rings. The Bertz CT molecular complexity index is 700. The Balaban J connectivity index is 2.00. The minimum Gasteiger partial charge on any atom is -0.508 e. The first kappa shape index (κ1) is 16.6. The quantitative estimate of drug-likeness (QED) is 0.837. The van der Waals surface area contributed by atoms with Gasteiger partial charge in [-0.25, -0.2) is 0 Å². The Morgan fingerprint density at radius 3 is 2.50 bits per heavy atom. The van der Waals surface area contributed by atoms with Crippen molar-refractivity contribution in [2.75, 3.05) is 7.11 Å². The van der Waals surface area contributed by atoms with E-state index in [2.05, 4.69) is 18.2 Å². The topological polar surface area (TPSA) is 49.7 Å². The minimum absolute atomic E-state index is 0.136. The molecule has 126 valence electrons. The lowest BCUT2D eigenvalue weighted by Gasteiger charge is -2.23. The van der Waals surface area contributed by atoms with E-state index in [1.807, 2.05) is 18.2 Å². The second-order valence-electron chi connectivity index (χ2n) is 6.37. The van der Waals surface area contributed by atoms with Crippen LogP contribution in [0.15, 0.2) is 54.1 Å². The molecule has 0 spiro atoms. The number of phenolic OH excluding ortho intramolecular Hbond substituents is 1. The average Bonchev–Trinajstić information content (AvgIpc) is 3.14. The van der Waals surface area contributed by atoms with Crippen molar-refractivity contribution in [2.45, 2.75) is 31.8 Å². The van der Waals surface area contributed by atoms with Crippen molar-refractivity contribution in [1.82, 2.24) is 0 Å². The molecule has 0 aromatic heterocycles. The number of hydrogen-bond acceptors (Lipinski definition) is 3. The highest BCUT2D eigenvalue weighted by molar-refractivity contribution is 5.57. The third kappa shape index (κ3) is 3.62. The van der Waals surface area contributed by atoms with Gasteiger partial charge in [0.05, 0.1) is 7.11 Å². The summed E-state index contributed by atoms with van der Waals surface area (Å²) in [5.41, 5.74) is 2.82. The number of aliphatic hydroxyl groups excluding tert-OH is 1. The Labute approximate surface area is 143 Å². The molecule has 2 aromatic rings. The van der Waals surface area contributed by atoms with Crippen LogP contribution in [0.3, 0.4) is 0 Å². The second kappa shape index (κ2) is 7.54. The van der Waals surface area contributed by atoms with E-state index < -0.39 is 6.10 Å². The lowest BCUT2D eigenvalue weighted by molar-refractivity contribution is 0.197. The lowest BCUT2D eigenvalue weighted by atomic mass is 9.87. The number of phenols is 1. The van der Waals surface area contributed by atoms with Gasteiger partial charge in [-0.3, -0.25) is 0 Å². The maximum Gasteiger partial charge on any atom is 0.128 e. The van der Waals surface area contributed by atoms with E-state index in [9.17, 15) is 10.2 Å². The molecule has 0 radical (unpaired) electrons. The van der Waals surface area contributed by atoms with Crippen molar-refractivity contribution in [3.8, 4) is 11.5 Å². The second-order valence-corrected chi connectivity index (χ2v) is 6.37. The maximum absolute atomic E-state index is 11.1.